The van der Waals surface area contributed by atoms with Gasteiger partial charge in [-0.25, -0.2) is 24.9 Å². The van der Waals surface area contributed by atoms with E-state index < -0.39 is 0 Å². The van der Waals surface area contributed by atoms with Gasteiger partial charge >= 0.3 is 0 Å². The molecule has 0 aliphatic heterocycles. The maximum Gasteiger partial charge on any atom is 0.179 e. The van der Waals surface area contributed by atoms with E-state index in [1.54, 1.807) is 0 Å². The smallest absolute Gasteiger partial charge is 0.179 e. The molecule has 0 saturated heterocycles. The second kappa shape index (κ2) is 10.7. The van der Waals surface area contributed by atoms with E-state index in [0.29, 0.717) is 23.0 Å². The highest BCUT2D eigenvalue weighted by Gasteiger charge is 2.17. The summed E-state index contributed by atoms with van der Waals surface area (Å²) in [6, 6.07) is 49.7. The van der Waals surface area contributed by atoms with Gasteiger partial charge in [0.2, 0.25) is 0 Å². The normalized spacial score (nSPS) is 11.5. The predicted molar refractivity (Wildman–Crippen MR) is 187 cm³/mol. The molecule has 3 aromatic heterocycles. The number of nitrogens with zero attached hydrogens (tertiary/aromatic N) is 5. The number of rotatable bonds is 4. The summed E-state index contributed by atoms with van der Waals surface area (Å²) in [6.07, 6.45) is 1.92. The number of benzene rings is 6. The molecule has 0 fully saturated rings. The van der Waals surface area contributed by atoms with Crippen molar-refractivity contribution in [1.29, 1.82) is 0 Å². The molecule has 0 radical (unpaired) electrons. The maximum absolute atomic E-state index is 5.14. The Labute approximate surface area is 264 Å². The van der Waals surface area contributed by atoms with Gasteiger partial charge in [-0.3, -0.25) is 0 Å². The molecular formula is C41H25N5. The Balaban J connectivity index is 1.24. The fourth-order valence-corrected chi connectivity index (χ4v) is 6.31. The van der Waals surface area contributed by atoms with Gasteiger partial charge in [-0.05, 0) is 46.2 Å². The Morgan fingerprint density at radius 2 is 0.978 bits per heavy atom. The molecule has 0 unspecified atom stereocenters. The lowest BCUT2D eigenvalue weighted by Crippen LogP contribution is -1.99. The molecule has 214 valence electrons. The summed E-state index contributed by atoms with van der Waals surface area (Å²) in [5.41, 5.74) is 7.26. The Kier molecular flexibility index (Phi) is 6.06. The van der Waals surface area contributed by atoms with Crippen molar-refractivity contribution >= 4 is 43.4 Å². The molecule has 9 rings (SSSR count). The number of aromatic nitrogens is 5. The minimum atomic E-state index is 0.555. The van der Waals surface area contributed by atoms with Crippen LogP contribution in [0.3, 0.4) is 0 Å². The third-order valence-corrected chi connectivity index (χ3v) is 8.53. The van der Waals surface area contributed by atoms with Crippen molar-refractivity contribution in [3.8, 4) is 45.4 Å². The van der Waals surface area contributed by atoms with Crippen LogP contribution in [0.4, 0.5) is 0 Å². The number of fused-ring (bicyclic) bond motifs is 6. The minimum Gasteiger partial charge on any atom is -0.241 e. The van der Waals surface area contributed by atoms with Crippen LogP contribution in [-0.2, 0) is 0 Å². The lowest BCUT2D eigenvalue weighted by Gasteiger charge is -2.12. The van der Waals surface area contributed by atoms with Crippen LogP contribution in [0.1, 0.15) is 0 Å². The van der Waals surface area contributed by atoms with Crippen LogP contribution in [0.2, 0.25) is 0 Å². The molecule has 5 heteroatoms. The van der Waals surface area contributed by atoms with E-state index in [9.17, 15) is 0 Å². The molecule has 6 aromatic carbocycles. The largest absolute Gasteiger partial charge is 0.241 e. The van der Waals surface area contributed by atoms with Crippen molar-refractivity contribution in [2.45, 2.75) is 0 Å². The molecule has 0 amide bonds. The first-order chi connectivity index (χ1) is 22.8. The molecule has 0 aliphatic rings. The fraction of sp³-hybridized carbons (Fsp3) is 0. The first-order valence-electron chi connectivity index (χ1n) is 15.3. The highest BCUT2D eigenvalue weighted by Crippen LogP contribution is 2.36. The first kappa shape index (κ1) is 26.1. The van der Waals surface area contributed by atoms with Gasteiger partial charge in [0.15, 0.2) is 11.6 Å². The van der Waals surface area contributed by atoms with E-state index >= 15 is 0 Å². The third-order valence-electron chi connectivity index (χ3n) is 8.53. The molecule has 46 heavy (non-hydrogen) atoms. The number of pyridine rings is 1. The van der Waals surface area contributed by atoms with Crippen molar-refractivity contribution in [2.24, 2.45) is 0 Å². The van der Waals surface area contributed by atoms with Crippen LogP contribution in [0.15, 0.2) is 152 Å². The van der Waals surface area contributed by atoms with Crippen LogP contribution < -0.4 is 0 Å². The molecule has 0 atom stereocenters. The summed E-state index contributed by atoms with van der Waals surface area (Å²) < 4.78 is 0. The Morgan fingerprint density at radius 1 is 0.370 bits per heavy atom. The quantitative estimate of drug-likeness (QED) is 0.192. The zero-order valence-corrected chi connectivity index (χ0v) is 24.7. The van der Waals surface area contributed by atoms with E-state index in [-0.39, 0.29) is 0 Å². The Bertz CT molecular complexity index is 2580. The average molecular weight is 588 g/mol. The summed E-state index contributed by atoms with van der Waals surface area (Å²) in [7, 11) is 0. The molecule has 3 heterocycles. The van der Waals surface area contributed by atoms with Gasteiger partial charge in [0.05, 0.1) is 16.7 Å². The molecular weight excluding hydrogens is 562 g/mol. The second-order valence-electron chi connectivity index (χ2n) is 11.3. The minimum absolute atomic E-state index is 0.555. The SMILES string of the molecule is c1ccc(-c2cc3ccccc3c3nc(-c4cccc(-c5nc(-c6ccccc6)c6ccc7ccccc7c6n5)n4)ncc23)cc1. The lowest BCUT2D eigenvalue weighted by atomic mass is 9.96. The van der Waals surface area contributed by atoms with Crippen molar-refractivity contribution in [3.63, 3.8) is 0 Å². The third kappa shape index (κ3) is 4.37. The van der Waals surface area contributed by atoms with E-state index in [1.807, 2.05) is 48.7 Å². The average Bonchev–Trinajstić information content (AvgIpc) is 3.14. The maximum atomic E-state index is 5.14. The number of hydrogen-bond acceptors (Lipinski definition) is 5. The molecule has 0 saturated carbocycles. The summed E-state index contributed by atoms with van der Waals surface area (Å²) in [5.74, 6) is 1.11. The van der Waals surface area contributed by atoms with Crippen LogP contribution in [0.25, 0.3) is 88.8 Å². The Morgan fingerprint density at radius 3 is 1.76 bits per heavy atom. The van der Waals surface area contributed by atoms with Crippen molar-refractivity contribution < 1.29 is 0 Å². The zero-order valence-electron chi connectivity index (χ0n) is 24.7. The van der Waals surface area contributed by atoms with Crippen molar-refractivity contribution in [3.05, 3.63) is 152 Å². The monoisotopic (exact) mass is 587 g/mol. The van der Waals surface area contributed by atoms with E-state index in [4.69, 9.17) is 24.9 Å². The molecule has 0 aliphatic carbocycles. The van der Waals surface area contributed by atoms with Crippen LogP contribution in [0, 0.1) is 0 Å². The van der Waals surface area contributed by atoms with E-state index in [1.165, 1.54) is 0 Å². The summed E-state index contributed by atoms with van der Waals surface area (Å²) in [4.78, 5) is 25.3. The number of hydrogen-bond donors (Lipinski definition) is 0. The van der Waals surface area contributed by atoms with Crippen molar-refractivity contribution in [2.75, 3.05) is 0 Å². The zero-order chi connectivity index (χ0) is 30.5. The summed E-state index contributed by atoms with van der Waals surface area (Å²) >= 11 is 0. The molecule has 0 spiro atoms. The Hall–Kier alpha value is -6.33. The predicted octanol–water partition coefficient (Wildman–Crippen LogP) is 9.94. The van der Waals surface area contributed by atoms with Gasteiger partial charge in [-0.15, -0.1) is 0 Å². The summed E-state index contributed by atoms with van der Waals surface area (Å²) in [6.45, 7) is 0. The lowest BCUT2D eigenvalue weighted by molar-refractivity contribution is 1.15. The van der Waals surface area contributed by atoms with Gasteiger partial charge in [0.1, 0.15) is 11.4 Å². The van der Waals surface area contributed by atoms with Crippen LogP contribution in [-0.4, -0.2) is 24.9 Å². The van der Waals surface area contributed by atoms with Gasteiger partial charge < -0.3 is 0 Å². The first-order valence-corrected chi connectivity index (χ1v) is 15.3. The highest BCUT2D eigenvalue weighted by molar-refractivity contribution is 6.12. The topological polar surface area (TPSA) is 64.5 Å². The van der Waals surface area contributed by atoms with Gasteiger partial charge in [0, 0.05) is 33.3 Å². The molecule has 5 nitrogen and oxygen atoms in total. The molecule has 9 aromatic rings. The highest BCUT2D eigenvalue weighted by atomic mass is 15.0. The van der Waals surface area contributed by atoms with Crippen LogP contribution in [0.5, 0.6) is 0 Å². The standard InChI is InChI=1S/C41H25N5/c1-3-12-26(13-4-1)33-24-29-17-8-10-19-31(29)39-34(33)25-42-40(45-39)35-20-11-21-36(43-35)41-44-37(28-15-5-2-6-16-28)32-23-22-27-14-7-9-18-30(27)38(32)46-41/h1-25H. The van der Waals surface area contributed by atoms with Crippen LogP contribution >= 0.6 is 0 Å². The van der Waals surface area contributed by atoms with Gasteiger partial charge in [0.25, 0.3) is 0 Å². The van der Waals surface area contributed by atoms with Gasteiger partial charge in [-0.2, -0.15) is 0 Å². The second-order valence-corrected chi connectivity index (χ2v) is 11.3. The van der Waals surface area contributed by atoms with E-state index in [2.05, 4.69) is 103 Å². The fourth-order valence-electron chi connectivity index (χ4n) is 6.31. The van der Waals surface area contributed by atoms with Gasteiger partial charge in [-0.1, -0.05) is 121 Å². The van der Waals surface area contributed by atoms with Crippen molar-refractivity contribution in [1.82, 2.24) is 24.9 Å². The van der Waals surface area contributed by atoms with E-state index in [0.717, 1.165) is 65.7 Å². The summed E-state index contributed by atoms with van der Waals surface area (Å²) in [5, 5.41) is 6.42. The molecule has 0 bridgehead atoms. The molecule has 0 N–H and O–H groups in total.